The molecule has 0 aliphatic rings. The SMILES string of the molecule is Cc1cc(C)cc(NC(=O)CC(=O)N[C@H](c2cccnc2)C(F)(F)F)c1. The minimum Gasteiger partial charge on any atom is -0.340 e. The topological polar surface area (TPSA) is 71.1 Å². The highest BCUT2D eigenvalue weighted by molar-refractivity contribution is 6.03. The van der Waals surface area contributed by atoms with Crippen LogP contribution in [-0.4, -0.2) is 23.0 Å². The Kier molecular flexibility index (Phi) is 5.97. The molecule has 8 heteroatoms. The van der Waals surface area contributed by atoms with Gasteiger partial charge in [-0.3, -0.25) is 14.6 Å². The Bertz CT molecular complexity index is 772. The predicted octanol–water partition coefficient (Wildman–Crippen LogP) is 3.45. The molecule has 26 heavy (non-hydrogen) atoms. The van der Waals surface area contributed by atoms with Gasteiger partial charge >= 0.3 is 6.18 Å². The van der Waals surface area contributed by atoms with Gasteiger partial charge < -0.3 is 10.6 Å². The highest BCUT2D eigenvalue weighted by Crippen LogP contribution is 2.32. The lowest BCUT2D eigenvalue weighted by atomic mass is 10.1. The smallest absolute Gasteiger partial charge is 0.340 e. The number of nitrogens with one attached hydrogen (secondary N) is 2. The fourth-order valence-corrected chi connectivity index (χ4v) is 2.51. The largest absolute Gasteiger partial charge is 0.412 e. The van der Waals surface area contributed by atoms with Crippen LogP contribution in [0.3, 0.4) is 0 Å². The summed E-state index contributed by atoms with van der Waals surface area (Å²) in [5.41, 5.74) is 2.11. The van der Waals surface area contributed by atoms with Crippen molar-refractivity contribution in [2.24, 2.45) is 0 Å². The van der Waals surface area contributed by atoms with Gasteiger partial charge in [-0.2, -0.15) is 13.2 Å². The first-order valence-electron chi connectivity index (χ1n) is 7.79. The second-order valence-corrected chi connectivity index (χ2v) is 5.93. The second-order valence-electron chi connectivity index (χ2n) is 5.93. The molecule has 1 atom stereocenters. The van der Waals surface area contributed by atoms with Crippen LogP contribution in [0.1, 0.15) is 29.2 Å². The number of anilines is 1. The van der Waals surface area contributed by atoms with E-state index in [-0.39, 0.29) is 5.56 Å². The number of nitrogens with zero attached hydrogens (tertiary/aromatic N) is 1. The van der Waals surface area contributed by atoms with E-state index in [9.17, 15) is 22.8 Å². The Labute approximate surface area is 148 Å². The first-order chi connectivity index (χ1) is 12.1. The van der Waals surface area contributed by atoms with Gasteiger partial charge in [-0.15, -0.1) is 0 Å². The van der Waals surface area contributed by atoms with Gasteiger partial charge in [0, 0.05) is 23.6 Å². The molecule has 0 fully saturated rings. The zero-order valence-corrected chi connectivity index (χ0v) is 14.2. The van der Waals surface area contributed by atoms with Crippen LogP contribution in [-0.2, 0) is 9.59 Å². The van der Waals surface area contributed by atoms with E-state index in [0.717, 1.165) is 17.3 Å². The van der Waals surface area contributed by atoms with Crippen molar-refractivity contribution in [3.05, 3.63) is 59.4 Å². The van der Waals surface area contributed by atoms with Crippen LogP contribution in [0.15, 0.2) is 42.7 Å². The Morgan fingerprint density at radius 1 is 1.12 bits per heavy atom. The maximum atomic E-state index is 13.2. The lowest BCUT2D eigenvalue weighted by Crippen LogP contribution is -2.39. The van der Waals surface area contributed by atoms with E-state index < -0.39 is 30.5 Å². The van der Waals surface area contributed by atoms with Crippen molar-refractivity contribution >= 4 is 17.5 Å². The van der Waals surface area contributed by atoms with Crippen LogP contribution in [0.25, 0.3) is 0 Å². The van der Waals surface area contributed by atoms with Crippen LogP contribution >= 0.6 is 0 Å². The monoisotopic (exact) mass is 365 g/mol. The van der Waals surface area contributed by atoms with Crippen molar-refractivity contribution in [2.75, 3.05) is 5.32 Å². The summed E-state index contributed by atoms with van der Waals surface area (Å²) in [6, 6.07) is 5.64. The number of benzene rings is 1. The standard InChI is InChI=1S/C18H18F3N3O2/c1-11-6-12(2)8-14(7-11)23-15(25)9-16(26)24-17(18(19,20)21)13-4-3-5-22-10-13/h3-8,10,17H,9H2,1-2H3,(H,23,25)(H,24,26)/t17-/m1/s1. The van der Waals surface area contributed by atoms with Crippen LogP contribution in [0.2, 0.25) is 0 Å². The second kappa shape index (κ2) is 7.99. The van der Waals surface area contributed by atoms with Gasteiger partial charge in [-0.25, -0.2) is 0 Å². The molecule has 1 heterocycles. The summed E-state index contributed by atoms with van der Waals surface area (Å²) in [7, 11) is 0. The van der Waals surface area contributed by atoms with Crippen molar-refractivity contribution in [3.8, 4) is 0 Å². The van der Waals surface area contributed by atoms with Crippen LogP contribution in [0.4, 0.5) is 18.9 Å². The Balaban J connectivity index is 2.02. The molecule has 2 amide bonds. The zero-order valence-electron chi connectivity index (χ0n) is 14.2. The Hall–Kier alpha value is -2.90. The number of amides is 2. The number of carbonyl (C=O) groups excluding carboxylic acids is 2. The minimum atomic E-state index is -4.71. The minimum absolute atomic E-state index is 0.205. The number of aryl methyl sites for hydroxylation is 2. The summed E-state index contributed by atoms with van der Waals surface area (Å²) < 4.78 is 39.6. The molecular formula is C18H18F3N3O2. The molecule has 2 N–H and O–H groups in total. The summed E-state index contributed by atoms with van der Waals surface area (Å²) in [6.07, 6.45) is -3.08. The number of aromatic nitrogens is 1. The number of rotatable bonds is 5. The van der Waals surface area contributed by atoms with Crippen molar-refractivity contribution < 1.29 is 22.8 Å². The molecule has 0 aliphatic carbocycles. The molecule has 1 aromatic carbocycles. The molecule has 0 aliphatic heterocycles. The molecule has 5 nitrogen and oxygen atoms in total. The van der Waals surface area contributed by atoms with Gasteiger partial charge in [0.2, 0.25) is 11.8 Å². The Morgan fingerprint density at radius 3 is 2.31 bits per heavy atom. The fraction of sp³-hybridized carbons (Fsp3) is 0.278. The van der Waals surface area contributed by atoms with Gasteiger partial charge in [0.1, 0.15) is 6.42 Å². The van der Waals surface area contributed by atoms with Gasteiger partial charge in [0.15, 0.2) is 6.04 Å². The van der Waals surface area contributed by atoms with E-state index in [1.165, 1.54) is 18.3 Å². The van der Waals surface area contributed by atoms with Crippen molar-refractivity contribution in [3.63, 3.8) is 0 Å². The van der Waals surface area contributed by atoms with E-state index in [4.69, 9.17) is 0 Å². The first-order valence-corrected chi connectivity index (χ1v) is 7.79. The summed E-state index contributed by atoms with van der Waals surface area (Å²) >= 11 is 0. The molecule has 0 radical (unpaired) electrons. The molecule has 0 saturated heterocycles. The molecule has 138 valence electrons. The fourth-order valence-electron chi connectivity index (χ4n) is 2.51. The summed E-state index contributed by atoms with van der Waals surface area (Å²) in [6.45, 7) is 3.69. The Morgan fingerprint density at radius 2 is 1.77 bits per heavy atom. The summed E-state index contributed by atoms with van der Waals surface area (Å²) in [4.78, 5) is 27.5. The van der Waals surface area contributed by atoms with E-state index in [2.05, 4.69) is 10.3 Å². The maximum absolute atomic E-state index is 13.2. The van der Waals surface area contributed by atoms with E-state index >= 15 is 0 Å². The highest BCUT2D eigenvalue weighted by atomic mass is 19.4. The van der Waals surface area contributed by atoms with Crippen LogP contribution < -0.4 is 10.6 Å². The molecular weight excluding hydrogens is 347 g/mol. The van der Waals surface area contributed by atoms with Gasteiger partial charge in [0.05, 0.1) is 0 Å². The summed E-state index contributed by atoms with van der Waals surface area (Å²) in [5.74, 6) is -1.72. The van der Waals surface area contributed by atoms with Crippen molar-refractivity contribution in [1.82, 2.24) is 10.3 Å². The van der Waals surface area contributed by atoms with Crippen LogP contribution in [0.5, 0.6) is 0 Å². The third-order valence-electron chi connectivity index (χ3n) is 3.48. The van der Waals surface area contributed by atoms with Crippen LogP contribution in [0, 0.1) is 13.8 Å². The molecule has 1 aromatic heterocycles. The third kappa shape index (κ3) is 5.58. The zero-order chi connectivity index (χ0) is 19.3. The quantitative estimate of drug-likeness (QED) is 0.798. The van der Waals surface area contributed by atoms with Crippen molar-refractivity contribution in [1.29, 1.82) is 0 Å². The number of halogens is 3. The lowest BCUT2D eigenvalue weighted by Gasteiger charge is -2.21. The molecule has 2 rings (SSSR count). The average molecular weight is 365 g/mol. The maximum Gasteiger partial charge on any atom is 0.412 e. The molecule has 0 saturated carbocycles. The number of alkyl halides is 3. The molecule has 0 unspecified atom stereocenters. The van der Waals surface area contributed by atoms with Gasteiger partial charge in [-0.1, -0.05) is 12.1 Å². The molecule has 0 spiro atoms. The third-order valence-corrected chi connectivity index (χ3v) is 3.48. The van der Waals surface area contributed by atoms with Gasteiger partial charge in [-0.05, 0) is 43.2 Å². The normalized spacial score (nSPS) is 12.3. The lowest BCUT2D eigenvalue weighted by molar-refractivity contribution is -0.163. The number of hydrogen-bond donors (Lipinski definition) is 2. The number of pyridine rings is 1. The summed E-state index contributed by atoms with van der Waals surface area (Å²) in [5, 5.41) is 4.36. The van der Waals surface area contributed by atoms with Crippen molar-refractivity contribution in [2.45, 2.75) is 32.5 Å². The number of hydrogen-bond acceptors (Lipinski definition) is 3. The highest BCUT2D eigenvalue weighted by Gasteiger charge is 2.42. The first kappa shape index (κ1) is 19.4. The van der Waals surface area contributed by atoms with E-state index in [1.54, 1.807) is 12.1 Å². The van der Waals surface area contributed by atoms with Gasteiger partial charge in [0.25, 0.3) is 0 Å². The van der Waals surface area contributed by atoms with E-state index in [1.807, 2.05) is 25.2 Å². The predicted molar refractivity (Wildman–Crippen MR) is 90.3 cm³/mol. The molecule has 0 bridgehead atoms. The van der Waals surface area contributed by atoms with E-state index in [0.29, 0.717) is 5.69 Å². The average Bonchev–Trinajstić information content (AvgIpc) is 2.51. The number of carbonyl (C=O) groups is 2. The molecule has 2 aromatic rings.